The van der Waals surface area contributed by atoms with Gasteiger partial charge in [-0.05, 0) is 18.9 Å². The Bertz CT molecular complexity index is 691. The van der Waals surface area contributed by atoms with E-state index in [0.29, 0.717) is 30.8 Å². The lowest BCUT2D eigenvalue weighted by Crippen LogP contribution is -2.25. The van der Waals surface area contributed by atoms with E-state index in [1.807, 2.05) is 0 Å². The van der Waals surface area contributed by atoms with Gasteiger partial charge in [0.15, 0.2) is 11.0 Å². The fourth-order valence-electron chi connectivity index (χ4n) is 2.00. The second-order valence-electron chi connectivity index (χ2n) is 4.76. The second kappa shape index (κ2) is 6.69. The number of halogens is 2. The third kappa shape index (κ3) is 3.51. The number of hydrogen-bond donors (Lipinski definition) is 1. The molecule has 0 unspecified atom stereocenters. The summed E-state index contributed by atoms with van der Waals surface area (Å²) in [4.78, 5) is 16.9. The zero-order valence-electron chi connectivity index (χ0n) is 12.1. The molecule has 9 heteroatoms. The van der Waals surface area contributed by atoms with E-state index in [1.54, 1.807) is 7.05 Å². The lowest BCUT2D eigenvalue weighted by Gasteiger charge is -2.11. The van der Waals surface area contributed by atoms with Gasteiger partial charge in [-0.3, -0.25) is 0 Å². The van der Waals surface area contributed by atoms with Crippen molar-refractivity contribution in [2.24, 2.45) is 7.05 Å². The van der Waals surface area contributed by atoms with Crippen LogP contribution < -0.4 is 0 Å². The third-order valence-corrected chi connectivity index (χ3v) is 3.38. The van der Waals surface area contributed by atoms with Crippen LogP contribution in [0.4, 0.5) is 9.18 Å². The van der Waals surface area contributed by atoms with Gasteiger partial charge in [0.2, 0.25) is 0 Å². The summed E-state index contributed by atoms with van der Waals surface area (Å²) < 4.78 is 14.1. The second-order valence-corrected chi connectivity index (χ2v) is 5.11. The minimum absolute atomic E-state index is 0.222. The summed E-state index contributed by atoms with van der Waals surface area (Å²) in [5.41, 5.74) is 1.21. The van der Waals surface area contributed by atoms with Crippen LogP contribution in [0.15, 0.2) is 12.3 Å². The number of carbonyl (C=O) groups is 1. The predicted octanol–water partition coefficient (Wildman–Crippen LogP) is 2.21. The highest BCUT2D eigenvalue weighted by Gasteiger charge is 2.18. The quantitative estimate of drug-likeness (QED) is 0.851. The summed E-state index contributed by atoms with van der Waals surface area (Å²) in [5, 5.41) is 17.0. The summed E-state index contributed by atoms with van der Waals surface area (Å²) in [6.45, 7) is 0.352. The number of rotatable bonds is 5. The molecule has 2 aromatic rings. The van der Waals surface area contributed by atoms with Crippen LogP contribution in [0.1, 0.15) is 12.1 Å². The predicted molar refractivity (Wildman–Crippen MR) is 78.2 cm³/mol. The van der Waals surface area contributed by atoms with Gasteiger partial charge in [-0.2, -0.15) is 15.0 Å². The van der Waals surface area contributed by atoms with Gasteiger partial charge in [0, 0.05) is 32.4 Å². The van der Waals surface area contributed by atoms with Gasteiger partial charge in [0.1, 0.15) is 5.69 Å². The molecule has 0 radical (unpaired) electrons. The van der Waals surface area contributed by atoms with Crippen LogP contribution in [0.3, 0.4) is 0 Å². The number of carboxylic acid groups (broad SMARTS) is 1. The van der Waals surface area contributed by atoms with Gasteiger partial charge in [-0.25, -0.2) is 14.2 Å². The van der Waals surface area contributed by atoms with Gasteiger partial charge in [-0.1, -0.05) is 11.6 Å². The van der Waals surface area contributed by atoms with E-state index in [0.717, 1.165) is 0 Å². The Kier molecular flexibility index (Phi) is 4.92. The monoisotopic (exact) mass is 327 g/mol. The Balaban J connectivity index is 2.20. The number of aromatic nitrogens is 4. The first-order chi connectivity index (χ1) is 10.4. The Hall–Kier alpha value is -2.22. The Morgan fingerprint density at radius 1 is 1.50 bits per heavy atom. The maximum Gasteiger partial charge on any atom is 0.407 e. The first kappa shape index (κ1) is 16.2. The average Bonchev–Trinajstić information content (AvgIpc) is 2.82. The van der Waals surface area contributed by atoms with Crippen molar-refractivity contribution in [3.8, 4) is 11.3 Å². The molecule has 1 N–H and O–H groups in total. The standard InChI is InChI=1S/C13H15ClFN5O2/c1-19(13(21)22)7-3-4-9-11(18-20(2)17-9)8-5-6-16-12(14)10(8)15/h5-6H,3-4,7H2,1-2H3,(H,21,22). The molecule has 0 bridgehead atoms. The molecule has 0 aromatic carbocycles. The highest BCUT2D eigenvalue weighted by atomic mass is 35.5. The van der Waals surface area contributed by atoms with Crippen LogP contribution in [0.2, 0.25) is 5.15 Å². The minimum Gasteiger partial charge on any atom is -0.465 e. The van der Waals surface area contributed by atoms with Gasteiger partial charge < -0.3 is 10.0 Å². The van der Waals surface area contributed by atoms with Crippen LogP contribution >= 0.6 is 11.6 Å². The molecule has 0 fully saturated rings. The van der Waals surface area contributed by atoms with Crippen molar-refractivity contribution in [1.82, 2.24) is 24.9 Å². The maximum atomic E-state index is 14.1. The van der Waals surface area contributed by atoms with Gasteiger partial charge in [0.25, 0.3) is 0 Å². The van der Waals surface area contributed by atoms with Gasteiger partial charge in [0.05, 0.1) is 5.69 Å². The highest BCUT2D eigenvalue weighted by Crippen LogP contribution is 2.27. The third-order valence-electron chi connectivity index (χ3n) is 3.12. The van der Waals surface area contributed by atoms with E-state index in [4.69, 9.17) is 16.7 Å². The molecule has 118 valence electrons. The maximum absolute atomic E-state index is 14.1. The first-order valence-corrected chi connectivity index (χ1v) is 6.92. The smallest absolute Gasteiger partial charge is 0.407 e. The van der Waals surface area contributed by atoms with Crippen LogP contribution in [-0.4, -0.2) is 49.7 Å². The molecule has 0 saturated heterocycles. The van der Waals surface area contributed by atoms with Crippen LogP contribution in [-0.2, 0) is 13.5 Å². The molecule has 22 heavy (non-hydrogen) atoms. The Morgan fingerprint density at radius 2 is 2.23 bits per heavy atom. The lowest BCUT2D eigenvalue weighted by molar-refractivity contribution is 0.155. The molecule has 2 rings (SSSR count). The summed E-state index contributed by atoms with van der Waals surface area (Å²) in [7, 11) is 3.12. The molecule has 0 atom stereocenters. The lowest BCUT2D eigenvalue weighted by atomic mass is 10.1. The van der Waals surface area contributed by atoms with E-state index < -0.39 is 11.9 Å². The van der Waals surface area contributed by atoms with Gasteiger partial charge in [-0.15, -0.1) is 0 Å². The molecule has 0 saturated carbocycles. The zero-order chi connectivity index (χ0) is 16.3. The molecule has 0 spiro atoms. The molecular weight excluding hydrogens is 313 g/mol. The normalized spacial score (nSPS) is 10.7. The van der Waals surface area contributed by atoms with Crippen molar-refractivity contribution in [1.29, 1.82) is 0 Å². The topological polar surface area (TPSA) is 84.1 Å². The van der Waals surface area contributed by atoms with E-state index in [9.17, 15) is 9.18 Å². The van der Waals surface area contributed by atoms with Crippen molar-refractivity contribution in [2.75, 3.05) is 13.6 Å². The zero-order valence-corrected chi connectivity index (χ0v) is 12.9. The minimum atomic E-state index is -0.994. The number of nitrogens with zero attached hydrogens (tertiary/aromatic N) is 5. The van der Waals surface area contributed by atoms with Crippen molar-refractivity contribution in [3.05, 3.63) is 28.9 Å². The molecule has 0 aliphatic heterocycles. The van der Waals surface area contributed by atoms with Crippen LogP contribution in [0.5, 0.6) is 0 Å². The molecular formula is C13H15ClFN5O2. The number of amides is 1. The van der Waals surface area contributed by atoms with E-state index in [1.165, 1.54) is 29.0 Å². The van der Waals surface area contributed by atoms with Crippen LogP contribution in [0.25, 0.3) is 11.3 Å². The average molecular weight is 328 g/mol. The van der Waals surface area contributed by atoms with Crippen molar-refractivity contribution < 1.29 is 14.3 Å². The largest absolute Gasteiger partial charge is 0.465 e. The molecule has 0 aliphatic rings. The fraction of sp³-hybridized carbons (Fsp3) is 0.385. The van der Waals surface area contributed by atoms with Crippen molar-refractivity contribution in [2.45, 2.75) is 12.8 Å². The van der Waals surface area contributed by atoms with Gasteiger partial charge >= 0.3 is 6.09 Å². The molecule has 7 nitrogen and oxygen atoms in total. The summed E-state index contributed by atoms with van der Waals surface area (Å²) in [6.07, 6.45) is 1.43. The van der Waals surface area contributed by atoms with E-state index >= 15 is 0 Å². The van der Waals surface area contributed by atoms with E-state index in [-0.39, 0.29) is 10.7 Å². The molecule has 2 aromatic heterocycles. The van der Waals surface area contributed by atoms with Crippen molar-refractivity contribution in [3.63, 3.8) is 0 Å². The highest BCUT2D eigenvalue weighted by molar-refractivity contribution is 6.29. The fourth-order valence-corrected chi connectivity index (χ4v) is 2.16. The first-order valence-electron chi connectivity index (χ1n) is 6.54. The summed E-state index contributed by atoms with van der Waals surface area (Å²) in [5.74, 6) is -0.645. The number of pyridine rings is 1. The molecule has 0 aliphatic carbocycles. The summed E-state index contributed by atoms with van der Waals surface area (Å²) in [6, 6.07) is 1.48. The summed E-state index contributed by atoms with van der Waals surface area (Å²) >= 11 is 5.69. The van der Waals surface area contributed by atoms with Crippen LogP contribution in [0, 0.1) is 5.82 Å². The molecule has 2 heterocycles. The SMILES string of the molecule is CN(CCCc1nn(C)nc1-c1ccnc(Cl)c1F)C(=O)O. The number of aryl methyl sites for hydroxylation is 2. The van der Waals surface area contributed by atoms with Crippen molar-refractivity contribution >= 4 is 17.7 Å². The Labute approximate surface area is 131 Å². The molecule has 1 amide bonds. The van der Waals surface area contributed by atoms with E-state index in [2.05, 4.69) is 15.2 Å². The number of hydrogen-bond acceptors (Lipinski definition) is 4. The Morgan fingerprint density at radius 3 is 2.91 bits per heavy atom.